The highest BCUT2D eigenvalue weighted by Crippen LogP contribution is 2.28. The Bertz CT molecular complexity index is 844. The number of rotatable bonds is 5. The number of nitro benzene ring substituents is 1. The number of benzene rings is 1. The highest BCUT2D eigenvalue weighted by molar-refractivity contribution is 6.06. The van der Waals surface area contributed by atoms with Gasteiger partial charge in [0, 0.05) is 19.2 Å². The predicted octanol–water partition coefficient (Wildman–Crippen LogP) is 1.81. The molecule has 11 nitrogen and oxygen atoms in total. The van der Waals surface area contributed by atoms with Crippen LogP contribution in [0.4, 0.5) is 17.1 Å². The fourth-order valence-electron chi connectivity index (χ4n) is 2.19. The number of nitro groups is 2. The lowest BCUT2D eigenvalue weighted by molar-refractivity contribution is -0.385. The van der Waals surface area contributed by atoms with Gasteiger partial charge >= 0.3 is 5.69 Å². The molecule has 0 aliphatic carbocycles. The van der Waals surface area contributed by atoms with E-state index in [0.717, 1.165) is 10.7 Å². The van der Waals surface area contributed by atoms with Gasteiger partial charge in [-0.25, -0.2) is 0 Å². The lowest BCUT2D eigenvalue weighted by Gasteiger charge is -2.07. The molecule has 1 aromatic carbocycles. The van der Waals surface area contributed by atoms with E-state index in [2.05, 4.69) is 10.4 Å². The molecule has 0 bridgehead atoms. The first-order chi connectivity index (χ1) is 11.2. The number of carbonyl (C=O) groups excluding carboxylic acids is 1. The smallest absolute Gasteiger partial charge is 0.322 e. The predicted molar refractivity (Wildman–Crippen MR) is 82.2 cm³/mol. The summed E-state index contributed by atoms with van der Waals surface area (Å²) in [7, 11) is 2.71. The Morgan fingerprint density at radius 3 is 2.46 bits per heavy atom. The summed E-state index contributed by atoms with van der Waals surface area (Å²) < 4.78 is 6.02. The number of methoxy groups -OCH3 is 1. The van der Waals surface area contributed by atoms with E-state index in [1.54, 1.807) is 0 Å². The van der Waals surface area contributed by atoms with Gasteiger partial charge in [0.1, 0.15) is 11.4 Å². The van der Waals surface area contributed by atoms with Gasteiger partial charge < -0.3 is 10.1 Å². The van der Waals surface area contributed by atoms with Crippen LogP contribution in [0.15, 0.2) is 18.2 Å². The summed E-state index contributed by atoms with van der Waals surface area (Å²) in [6.07, 6.45) is 0. The van der Waals surface area contributed by atoms with Crippen LogP contribution in [0.3, 0.4) is 0 Å². The van der Waals surface area contributed by atoms with Crippen molar-refractivity contribution in [3.8, 4) is 5.75 Å². The monoisotopic (exact) mass is 335 g/mol. The third-order valence-corrected chi connectivity index (χ3v) is 3.18. The molecule has 2 rings (SSSR count). The first-order valence-electron chi connectivity index (χ1n) is 6.57. The number of nitrogens with zero attached hydrogens (tertiary/aromatic N) is 4. The van der Waals surface area contributed by atoms with Crippen LogP contribution < -0.4 is 10.1 Å². The third kappa shape index (κ3) is 3.14. The molecule has 0 unspecified atom stereocenters. The molecule has 1 aromatic heterocycles. The molecule has 0 aliphatic rings. The number of ether oxygens (including phenoxy) is 1. The van der Waals surface area contributed by atoms with E-state index in [9.17, 15) is 25.0 Å². The summed E-state index contributed by atoms with van der Waals surface area (Å²) in [6.45, 7) is 1.41. The Hall–Kier alpha value is -3.50. The third-order valence-electron chi connectivity index (χ3n) is 3.18. The second kappa shape index (κ2) is 6.32. The van der Waals surface area contributed by atoms with Gasteiger partial charge in [0.05, 0.1) is 28.7 Å². The van der Waals surface area contributed by atoms with E-state index < -0.39 is 21.4 Å². The number of hydrogen-bond acceptors (Lipinski definition) is 7. The van der Waals surface area contributed by atoms with Gasteiger partial charge in [0.15, 0.2) is 0 Å². The van der Waals surface area contributed by atoms with Crippen LogP contribution in [0, 0.1) is 27.2 Å². The minimum Gasteiger partial charge on any atom is -0.496 e. The molecule has 0 spiro atoms. The molecule has 0 radical (unpaired) electrons. The van der Waals surface area contributed by atoms with Crippen LogP contribution in [-0.2, 0) is 7.05 Å². The summed E-state index contributed by atoms with van der Waals surface area (Å²) >= 11 is 0. The van der Waals surface area contributed by atoms with Crippen molar-refractivity contribution in [3.63, 3.8) is 0 Å². The zero-order chi connectivity index (χ0) is 18.0. The molecule has 1 amide bonds. The number of amides is 1. The number of aryl methyl sites for hydroxylation is 2. The number of non-ortho nitro benzene ring substituents is 1. The van der Waals surface area contributed by atoms with Crippen LogP contribution in [0.25, 0.3) is 0 Å². The summed E-state index contributed by atoms with van der Waals surface area (Å²) in [5.74, 6) is -0.650. The van der Waals surface area contributed by atoms with E-state index in [4.69, 9.17) is 4.74 Å². The van der Waals surface area contributed by atoms with Crippen LogP contribution in [-0.4, -0.2) is 32.6 Å². The van der Waals surface area contributed by atoms with Crippen molar-refractivity contribution in [1.82, 2.24) is 9.78 Å². The van der Waals surface area contributed by atoms with Crippen molar-refractivity contribution in [2.45, 2.75) is 6.92 Å². The molecule has 0 saturated heterocycles. The zero-order valence-corrected chi connectivity index (χ0v) is 13.0. The molecule has 0 saturated carbocycles. The van der Waals surface area contributed by atoms with E-state index in [0.29, 0.717) is 0 Å². The quantitative estimate of drug-likeness (QED) is 0.648. The molecule has 1 heterocycles. The Balaban J connectivity index is 2.42. The standard InChI is InChI=1S/C13H13N5O6/c1-7-11(18(22)23)12(16(2)15-7)13(19)14-8-4-9(17(20)21)6-10(5-8)24-3/h4-6H,1-3H3,(H,14,19). The van der Waals surface area contributed by atoms with Crippen LogP contribution in [0.1, 0.15) is 16.2 Å². The minimum atomic E-state index is -0.813. The lowest BCUT2D eigenvalue weighted by atomic mass is 10.2. The average Bonchev–Trinajstić information content (AvgIpc) is 2.81. The van der Waals surface area contributed by atoms with Crippen LogP contribution in [0.5, 0.6) is 5.75 Å². The first kappa shape index (κ1) is 16.9. The molecule has 11 heteroatoms. The van der Waals surface area contributed by atoms with Crippen LogP contribution in [0.2, 0.25) is 0 Å². The molecule has 0 aliphatic heterocycles. The average molecular weight is 335 g/mol. The number of nitrogens with one attached hydrogen (secondary N) is 1. The van der Waals surface area contributed by atoms with Gasteiger partial charge in [-0.05, 0) is 6.92 Å². The van der Waals surface area contributed by atoms with Gasteiger partial charge in [-0.1, -0.05) is 0 Å². The van der Waals surface area contributed by atoms with Crippen molar-refractivity contribution in [3.05, 3.63) is 49.8 Å². The number of hydrogen-bond donors (Lipinski definition) is 1. The lowest BCUT2D eigenvalue weighted by Crippen LogP contribution is -2.17. The fraction of sp³-hybridized carbons (Fsp3) is 0.231. The molecule has 1 N–H and O–H groups in total. The van der Waals surface area contributed by atoms with Gasteiger partial charge in [0.2, 0.25) is 5.69 Å². The molecule has 2 aromatic rings. The highest BCUT2D eigenvalue weighted by atomic mass is 16.6. The maximum Gasteiger partial charge on any atom is 0.322 e. The van der Waals surface area contributed by atoms with Gasteiger partial charge in [-0.2, -0.15) is 5.10 Å². The number of carbonyl (C=O) groups is 1. The SMILES string of the molecule is COc1cc(NC(=O)c2c([N+](=O)[O-])c(C)nn2C)cc([N+](=O)[O-])c1. The van der Waals surface area contributed by atoms with Crippen LogP contribution >= 0.6 is 0 Å². The topological polar surface area (TPSA) is 142 Å². The maximum atomic E-state index is 12.4. The number of anilines is 1. The minimum absolute atomic E-state index is 0.0687. The first-order valence-corrected chi connectivity index (χ1v) is 6.57. The van der Waals surface area contributed by atoms with E-state index in [1.165, 1.54) is 33.2 Å². The van der Waals surface area contributed by atoms with Crippen molar-refractivity contribution in [1.29, 1.82) is 0 Å². The molecule has 0 fully saturated rings. The summed E-state index contributed by atoms with van der Waals surface area (Å²) in [4.78, 5) is 33.1. The highest BCUT2D eigenvalue weighted by Gasteiger charge is 2.29. The molecule has 0 atom stereocenters. The Kier molecular flexibility index (Phi) is 4.44. The molecular weight excluding hydrogens is 322 g/mol. The molecule has 24 heavy (non-hydrogen) atoms. The Labute approximate surface area is 135 Å². The Morgan fingerprint density at radius 1 is 1.25 bits per heavy atom. The van der Waals surface area contributed by atoms with Crippen molar-refractivity contribution in [2.75, 3.05) is 12.4 Å². The van der Waals surface area contributed by atoms with E-state index in [-0.39, 0.29) is 28.5 Å². The van der Waals surface area contributed by atoms with Gasteiger partial charge in [0.25, 0.3) is 11.6 Å². The van der Waals surface area contributed by atoms with Crippen molar-refractivity contribution < 1.29 is 19.4 Å². The van der Waals surface area contributed by atoms with Gasteiger partial charge in [-0.15, -0.1) is 0 Å². The summed E-state index contributed by atoms with van der Waals surface area (Å²) in [6, 6.07) is 3.67. The van der Waals surface area contributed by atoms with Crippen molar-refractivity contribution in [2.24, 2.45) is 7.05 Å². The zero-order valence-electron chi connectivity index (χ0n) is 13.0. The normalized spacial score (nSPS) is 10.3. The summed E-state index contributed by atoms with van der Waals surface area (Å²) in [5, 5.41) is 28.3. The second-order valence-corrected chi connectivity index (χ2v) is 4.79. The molecule has 126 valence electrons. The second-order valence-electron chi connectivity index (χ2n) is 4.79. The largest absolute Gasteiger partial charge is 0.496 e. The Morgan fingerprint density at radius 2 is 1.92 bits per heavy atom. The van der Waals surface area contributed by atoms with Crippen molar-refractivity contribution >= 4 is 23.0 Å². The van der Waals surface area contributed by atoms with E-state index >= 15 is 0 Å². The molecular formula is C13H13N5O6. The van der Waals surface area contributed by atoms with Gasteiger partial charge in [-0.3, -0.25) is 29.7 Å². The number of aromatic nitrogens is 2. The summed E-state index contributed by atoms with van der Waals surface area (Å²) in [5.41, 5.74) is -0.820. The fourth-order valence-corrected chi connectivity index (χ4v) is 2.19. The maximum absolute atomic E-state index is 12.4. The van der Waals surface area contributed by atoms with E-state index in [1.807, 2.05) is 0 Å².